The molecule has 5 nitrogen and oxygen atoms in total. The highest BCUT2D eigenvalue weighted by molar-refractivity contribution is 7.80. The molecular weight excluding hydrogens is 254 g/mol. The maximum atomic E-state index is 10.7. The van der Waals surface area contributed by atoms with Gasteiger partial charge in [0.1, 0.15) is 0 Å². The van der Waals surface area contributed by atoms with E-state index in [1.807, 2.05) is 0 Å². The van der Waals surface area contributed by atoms with E-state index in [4.69, 9.17) is 9.47 Å². The third-order valence-corrected chi connectivity index (χ3v) is 3.86. The summed E-state index contributed by atoms with van der Waals surface area (Å²) in [4.78, 5) is 10.2. The summed E-state index contributed by atoms with van der Waals surface area (Å²) in [6.07, 6.45) is 2.23. The van der Waals surface area contributed by atoms with Crippen LogP contribution < -0.4 is 9.47 Å². The van der Waals surface area contributed by atoms with E-state index in [0.717, 1.165) is 18.6 Å². The lowest BCUT2D eigenvalue weighted by Gasteiger charge is -2.15. The SMILES string of the molecule is COc1cc([N+](=O)[O-])ccc1OCC1(CS)CC1. The lowest BCUT2D eigenvalue weighted by atomic mass is 10.2. The highest BCUT2D eigenvalue weighted by Gasteiger charge is 2.42. The summed E-state index contributed by atoms with van der Waals surface area (Å²) in [6, 6.07) is 4.36. The second-order valence-corrected chi connectivity index (χ2v) is 4.86. The molecule has 0 aliphatic heterocycles. The first-order valence-electron chi connectivity index (χ1n) is 5.66. The predicted molar refractivity (Wildman–Crippen MR) is 70.7 cm³/mol. The van der Waals surface area contributed by atoms with Gasteiger partial charge in [0.25, 0.3) is 5.69 Å². The van der Waals surface area contributed by atoms with Crippen molar-refractivity contribution in [2.75, 3.05) is 19.5 Å². The lowest BCUT2D eigenvalue weighted by molar-refractivity contribution is -0.384. The number of hydrogen-bond donors (Lipinski definition) is 1. The third-order valence-electron chi connectivity index (χ3n) is 3.18. The number of rotatable bonds is 6. The van der Waals surface area contributed by atoms with Crippen molar-refractivity contribution in [1.29, 1.82) is 0 Å². The van der Waals surface area contributed by atoms with Crippen LogP contribution in [0.1, 0.15) is 12.8 Å². The number of benzene rings is 1. The predicted octanol–water partition coefficient (Wildman–Crippen LogP) is 2.69. The number of hydrogen-bond acceptors (Lipinski definition) is 5. The number of ether oxygens (including phenoxy) is 2. The summed E-state index contributed by atoms with van der Waals surface area (Å²) < 4.78 is 10.8. The zero-order chi connectivity index (χ0) is 13.2. The molecule has 1 saturated carbocycles. The number of non-ortho nitro benzene ring substituents is 1. The van der Waals surface area contributed by atoms with Gasteiger partial charge < -0.3 is 9.47 Å². The summed E-state index contributed by atoms with van der Waals surface area (Å²) in [5, 5.41) is 10.7. The zero-order valence-electron chi connectivity index (χ0n) is 10.1. The smallest absolute Gasteiger partial charge is 0.273 e. The highest BCUT2D eigenvalue weighted by Crippen LogP contribution is 2.47. The van der Waals surface area contributed by atoms with Crippen LogP contribution in [-0.4, -0.2) is 24.4 Å². The van der Waals surface area contributed by atoms with Gasteiger partial charge in [-0.3, -0.25) is 10.1 Å². The molecule has 0 bridgehead atoms. The first kappa shape index (κ1) is 13.0. The van der Waals surface area contributed by atoms with Crippen molar-refractivity contribution in [2.24, 2.45) is 5.41 Å². The molecule has 18 heavy (non-hydrogen) atoms. The molecule has 1 fully saturated rings. The summed E-state index contributed by atoms with van der Waals surface area (Å²) in [6.45, 7) is 0.574. The van der Waals surface area contributed by atoms with Gasteiger partial charge in [0.15, 0.2) is 11.5 Å². The second-order valence-electron chi connectivity index (χ2n) is 4.54. The molecule has 2 rings (SSSR count). The Morgan fingerprint density at radius 1 is 1.44 bits per heavy atom. The third kappa shape index (κ3) is 2.69. The molecule has 0 aromatic heterocycles. The molecule has 0 unspecified atom stereocenters. The standard InChI is InChI=1S/C12H15NO4S/c1-16-11-6-9(13(14)15)2-3-10(11)17-7-12(8-18)4-5-12/h2-3,6,18H,4-5,7-8H2,1H3. The lowest BCUT2D eigenvalue weighted by Crippen LogP contribution is -2.14. The fourth-order valence-electron chi connectivity index (χ4n) is 1.64. The molecule has 1 aliphatic carbocycles. The van der Waals surface area contributed by atoms with E-state index in [2.05, 4.69) is 12.6 Å². The van der Waals surface area contributed by atoms with E-state index in [9.17, 15) is 10.1 Å². The topological polar surface area (TPSA) is 61.6 Å². The molecule has 6 heteroatoms. The Labute approximate surface area is 111 Å². The van der Waals surface area contributed by atoms with Crippen LogP contribution in [0.25, 0.3) is 0 Å². The van der Waals surface area contributed by atoms with Crippen LogP contribution in [0.4, 0.5) is 5.69 Å². The minimum Gasteiger partial charge on any atom is -0.493 e. The van der Waals surface area contributed by atoms with Gasteiger partial charge in [0, 0.05) is 11.5 Å². The Kier molecular flexibility index (Phi) is 3.65. The first-order chi connectivity index (χ1) is 8.60. The van der Waals surface area contributed by atoms with Crippen molar-refractivity contribution in [1.82, 2.24) is 0 Å². The Balaban J connectivity index is 2.10. The monoisotopic (exact) mass is 269 g/mol. The van der Waals surface area contributed by atoms with Crippen LogP contribution in [0.5, 0.6) is 11.5 Å². The molecule has 0 N–H and O–H groups in total. The fraction of sp³-hybridized carbons (Fsp3) is 0.500. The van der Waals surface area contributed by atoms with E-state index in [1.165, 1.54) is 19.2 Å². The molecular formula is C12H15NO4S. The molecule has 0 atom stereocenters. The minimum atomic E-state index is -0.456. The quantitative estimate of drug-likeness (QED) is 0.490. The van der Waals surface area contributed by atoms with Gasteiger partial charge in [-0.1, -0.05) is 0 Å². The van der Waals surface area contributed by atoms with Gasteiger partial charge in [-0.2, -0.15) is 12.6 Å². The molecule has 1 aliphatic rings. The van der Waals surface area contributed by atoms with Crippen LogP contribution in [0.2, 0.25) is 0 Å². The molecule has 0 saturated heterocycles. The summed E-state index contributed by atoms with van der Waals surface area (Å²) in [7, 11) is 1.47. The highest BCUT2D eigenvalue weighted by atomic mass is 32.1. The molecule has 0 spiro atoms. The summed E-state index contributed by atoms with van der Waals surface area (Å²) in [5.74, 6) is 1.72. The minimum absolute atomic E-state index is 0.00506. The molecule has 0 radical (unpaired) electrons. The first-order valence-corrected chi connectivity index (χ1v) is 6.29. The zero-order valence-corrected chi connectivity index (χ0v) is 11.0. The van der Waals surface area contributed by atoms with Crippen molar-refractivity contribution < 1.29 is 14.4 Å². The van der Waals surface area contributed by atoms with Gasteiger partial charge in [0.2, 0.25) is 0 Å². The fourth-order valence-corrected chi connectivity index (χ4v) is 2.05. The second kappa shape index (κ2) is 5.06. The van der Waals surface area contributed by atoms with Gasteiger partial charge in [-0.25, -0.2) is 0 Å². The van der Waals surface area contributed by atoms with Crippen molar-refractivity contribution in [2.45, 2.75) is 12.8 Å². The van der Waals surface area contributed by atoms with Crippen LogP contribution >= 0.6 is 12.6 Å². The number of thiol groups is 1. The van der Waals surface area contributed by atoms with Crippen LogP contribution in [0.15, 0.2) is 18.2 Å². The number of nitro benzene ring substituents is 1. The molecule has 0 amide bonds. The van der Waals surface area contributed by atoms with Gasteiger partial charge in [0.05, 0.1) is 24.7 Å². The summed E-state index contributed by atoms with van der Waals surface area (Å²) in [5.41, 5.74) is 0.171. The Bertz CT molecular complexity index is 459. The van der Waals surface area contributed by atoms with Crippen LogP contribution in [-0.2, 0) is 0 Å². The normalized spacial score (nSPS) is 16.1. The average Bonchev–Trinajstić information content (AvgIpc) is 3.16. The van der Waals surface area contributed by atoms with Crippen molar-refractivity contribution in [3.8, 4) is 11.5 Å². The van der Waals surface area contributed by atoms with Crippen LogP contribution in [0.3, 0.4) is 0 Å². The number of nitrogens with zero attached hydrogens (tertiary/aromatic N) is 1. The van der Waals surface area contributed by atoms with Crippen molar-refractivity contribution >= 4 is 18.3 Å². The Morgan fingerprint density at radius 2 is 2.17 bits per heavy atom. The van der Waals surface area contributed by atoms with E-state index < -0.39 is 4.92 Å². The van der Waals surface area contributed by atoms with Crippen molar-refractivity contribution in [3.63, 3.8) is 0 Å². The van der Waals surface area contributed by atoms with E-state index in [-0.39, 0.29) is 11.1 Å². The molecule has 98 valence electrons. The van der Waals surface area contributed by atoms with E-state index in [0.29, 0.717) is 18.1 Å². The Morgan fingerprint density at radius 3 is 2.67 bits per heavy atom. The van der Waals surface area contributed by atoms with Gasteiger partial charge in [-0.15, -0.1) is 0 Å². The Hall–Kier alpha value is -1.43. The maximum Gasteiger partial charge on any atom is 0.273 e. The van der Waals surface area contributed by atoms with Gasteiger partial charge >= 0.3 is 0 Å². The molecule has 0 heterocycles. The average molecular weight is 269 g/mol. The van der Waals surface area contributed by atoms with Gasteiger partial charge in [-0.05, 0) is 24.7 Å². The largest absolute Gasteiger partial charge is 0.493 e. The van der Waals surface area contributed by atoms with Crippen LogP contribution in [0, 0.1) is 15.5 Å². The van der Waals surface area contributed by atoms with E-state index in [1.54, 1.807) is 6.07 Å². The van der Waals surface area contributed by atoms with E-state index >= 15 is 0 Å². The molecule has 1 aromatic rings. The maximum absolute atomic E-state index is 10.7. The summed E-state index contributed by atoms with van der Waals surface area (Å²) >= 11 is 4.30. The number of methoxy groups -OCH3 is 1. The number of nitro groups is 1. The molecule has 1 aromatic carbocycles. The van der Waals surface area contributed by atoms with Crippen molar-refractivity contribution in [3.05, 3.63) is 28.3 Å².